The zero-order valence-electron chi connectivity index (χ0n) is 12.8. The second-order valence-corrected chi connectivity index (χ2v) is 6.09. The molecule has 0 aromatic heterocycles. The molecule has 1 aliphatic rings. The summed E-state index contributed by atoms with van der Waals surface area (Å²) in [4.78, 5) is 14.6. The first-order valence-corrected chi connectivity index (χ1v) is 7.80. The van der Waals surface area contributed by atoms with Crippen LogP contribution in [0, 0.1) is 5.41 Å². The molecule has 4 heteroatoms. The zero-order chi connectivity index (χ0) is 15.1. The van der Waals surface area contributed by atoms with Crippen LogP contribution in [0.1, 0.15) is 25.3 Å². The Balaban J connectivity index is 1.98. The molecule has 0 spiro atoms. The third-order valence-corrected chi connectivity index (χ3v) is 4.28. The van der Waals surface area contributed by atoms with Crippen LogP contribution in [0.15, 0.2) is 30.3 Å². The van der Waals surface area contributed by atoms with Crippen LogP contribution in [0.4, 0.5) is 0 Å². The summed E-state index contributed by atoms with van der Waals surface area (Å²) >= 11 is 0. The summed E-state index contributed by atoms with van der Waals surface area (Å²) in [5.74, 6) is 0.166. The lowest BCUT2D eigenvalue weighted by molar-refractivity contribution is -0.142. The van der Waals surface area contributed by atoms with Gasteiger partial charge < -0.3 is 15.3 Å². The molecule has 1 aliphatic heterocycles. The summed E-state index contributed by atoms with van der Waals surface area (Å²) in [6.07, 6.45) is 2.79. The Morgan fingerprint density at radius 1 is 1.33 bits per heavy atom. The van der Waals surface area contributed by atoms with E-state index in [0.29, 0.717) is 13.1 Å². The van der Waals surface area contributed by atoms with E-state index < -0.39 is 0 Å². The average molecular weight is 290 g/mol. The molecule has 1 fully saturated rings. The highest BCUT2D eigenvalue weighted by Gasteiger charge is 2.37. The fourth-order valence-electron chi connectivity index (χ4n) is 2.96. The van der Waals surface area contributed by atoms with Gasteiger partial charge in [-0.3, -0.25) is 4.79 Å². The molecule has 0 bridgehead atoms. The number of aliphatic hydroxyl groups is 1. The SMILES string of the molecule is C[C@@]1(C(=O)N(CCO)CCc2ccccc2)CCCNC1. The maximum absolute atomic E-state index is 12.8. The second-order valence-electron chi connectivity index (χ2n) is 6.09. The smallest absolute Gasteiger partial charge is 0.229 e. The number of carbonyl (C=O) groups excluding carboxylic acids is 1. The van der Waals surface area contributed by atoms with Gasteiger partial charge in [-0.25, -0.2) is 0 Å². The normalized spacial score (nSPS) is 22.0. The topological polar surface area (TPSA) is 52.6 Å². The highest BCUT2D eigenvalue weighted by atomic mass is 16.3. The molecule has 1 saturated heterocycles. The Kier molecular flexibility index (Phi) is 5.76. The van der Waals surface area contributed by atoms with Crippen LogP contribution >= 0.6 is 0 Å². The third-order valence-electron chi connectivity index (χ3n) is 4.28. The lowest BCUT2D eigenvalue weighted by Crippen LogP contribution is -2.51. The Bertz CT molecular complexity index is 441. The molecular formula is C17H26N2O2. The van der Waals surface area contributed by atoms with Crippen LogP contribution in [0.5, 0.6) is 0 Å². The van der Waals surface area contributed by atoms with Crippen LogP contribution in [0.2, 0.25) is 0 Å². The van der Waals surface area contributed by atoms with Gasteiger partial charge in [0.05, 0.1) is 12.0 Å². The number of carbonyl (C=O) groups is 1. The van der Waals surface area contributed by atoms with E-state index in [-0.39, 0.29) is 17.9 Å². The number of rotatable bonds is 6. The summed E-state index contributed by atoms with van der Waals surface area (Å²) in [6.45, 7) is 4.87. The Morgan fingerprint density at radius 2 is 2.10 bits per heavy atom. The predicted octanol–water partition coefficient (Wildman–Crippen LogP) is 1.44. The number of benzene rings is 1. The Hall–Kier alpha value is -1.39. The number of hydrogen-bond donors (Lipinski definition) is 2. The van der Waals surface area contributed by atoms with Crippen molar-refractivity contribution in [2.45, 2.75) is 26.2 Å². The van der Waals surface area contributed by atoms with Crippen molar-refractivity contribution >= 4 is 5.91 Å². The standard InChI is InChI=1S/C17H26N2O2/c1-17(9-5-10-18-14-17)16(21)19(12-13-20)11-8-15-6-3-2-4-7-15/h2-4,6-7,18,20H,5,8-14H2,1H3/t17-/m1/s1. The molecule has 1 amide bonds. The van der Waals surface area contributed by atoms with Crippen LogP contribution in [-0.2, 0) is 11.2 Å². The van der Waals surface area contributed by atoms with E-state index in [1.165, 1.54) is 5.56 Å². The van der Waals surface area contributed by atoms with Gasteiger partial charge in [-0.2, -0.15) is 0 Å². The van der Waals surface area contributed by atoms with E-state index in [4.69, 9.17) is 0 Å². The number of hydrogen-bond acceptors (Lipinski definition) is 3. The first-order valence-electron chi connectivity index (χ1n) is 7.80. The van der Waals surface area contributed by atoms with Gasteiger partial charge in [-0.1, -0.05) is 30.3 Å². The van der Waals surface area contributed by atoms with Gasteiger partial charge in [0.1, 0.15) is 0 Å². The van der Waals surface area contributed by atoms with E-state index in [0.717, 1.165) is 32.4 Å². The monoisotopic (exact) mass is 290 g/mol. The lowest BCUT2D eigenvalue weighted by atomic mass is 9.81. The lowest BCUT2D eigenvalue weighted by Gasteiger charge is -2.37. The third kappa shape index (κ3) is 4.29. The highest BCUT2D eigenvalue weighted by Crippen LogP contribution is 2.28. The molecule has 21 heavy (non-hydrogen) atoms. The molecule has 1 heterocycles. The van der Waals surface area contributed by atoms with Gasteiger partial charge in [-0.15, -0.1) is 0 Å². The first-order chi connectivity index (χ1) is 10.2. The summed E-state index contributed by atoms with van der Waals surface area (Å²) in [5.41, 5.74) is 0.893. The van der Waals surface area contributed by atoms with E-state index in [2.05, 4.69) is 17.4 Å². The minimum Gasteiger partial charge on any atom is -0.395 e. The fourth-order valence-corrected chi connectivity index (χ4v) is 2.96. The molecule has 4 nitrogen and oxygen atoms in total. The molecule has 116 valence electrons. The molecule has 2 rings (SSSR count). The van der Waals surface area contributed by atoms with E-state index in [1.54, 1.807) is 0 Å². The largest absolute Gasteiger partial charge is 0.395 e. The molecule has 1 atom stereocenters. The van der Waals surface area contributed by atoms with Gasteiger partial charge >= 0.3 is 0 Å². The van der Waals surface area contributed by atoms with Crippen LogP contribution in [0.3, 0.4) is 0 Å². The van der Waals surface area contributed by atoms with Gasteiger partial charge in [0, 0.05) is 19.6 Å². The number of nitrogens with one attached hydrogen (secondary N) is 1. The van der Waals surface area contributed by atoms with Crippen molar-refractivity contribution in [1.29, 1.82) is 0 Å². The van der Waals surface area contributed by atoms with Crippen molar-refractivity contribution in [3.63, 3.8) is 0 Å². The molecule has 0 saturated carbocycles. The van der Waals surface area contributed by atoms with Crippen LogP contribution < -0.4 is 5.32 Å². The van der Waals surface area contributed by atoms with Crippen molar-refractivity contribution in [2.24, 2.45) is 5.41 Å². The van der Waals surface area contributed by atoms with Crippen molar-refractivity contribution in [3.05, 3.63) is 35.9 Å². The van der Waals surface area contributed by atoms with E-state index in [1.807, 2.05) is 30.0 Å². The minimum absolute atomic E-state index is 0.0179. The highest BCUT2D eigenvalue weighted by molar-refractivity contribution is 5.82. The van der Waals surface area contributed by atoms with Crippen molar-refractivity contribution in [2.75, 3.05) is 32.8 Å². The molecule has 1 aromatic rings. The second kappa shape index (κ2) is 7.57. The molecule has 0 radical (unpaired) electrons. The summed E-state index contributed by atoms with van der Waals surface area (Å²) < 4.78 is 0. The van der Waals surface area contributed by atoms with Crippen molar-refractivity contribution < 1.29 is 9.90 Å². The predicted molar refractivity (Wildman–Crippen MR) is 84.0 cm³/mol. The molecule has 0 unspecified atom stereocenters. The Labute approximate surface area is 127 Å². The van der Waals surface area contributed by atoms with Gasteiger partial charge in [0.2, 0.25) is 5.91 Å². The quantitative estimate of drug-likeness (QED) is 0.833. The zero-order valence-corrected chi connectivity index (χ0v) is 12.8. The maximum atomic E-state index is 12.8. The van der Waals surface area contributed by atoms with Gasteiger partial charge in [0.15, 0.2) is 0 Å². The van der Waals surface area contributed by atoms with Crippen molar-refractivity contribution in [3.8, 4) is 0 Å². The number of aliphatic hydroxyl groups excluding tert-OH is 1. The van der Waals surface area contributed by atoms with Gasteiger partial charge in [0.25, 0.3) is 0 Å². The summed E-state index contributed by atoms with van der Waals surface area (Å²) in [5, 5.41) is 12.6. The van der Waals surface area contributed by atoms with Crippen LogP contribution in [-0.4, -0.2) is 48.7 Å². The van der Waals surface area contributed by atoms with Crippen molar-refractivity contribution in [1.82, 2.24) is 10.2 Å². The van der Waals surface area contributed by atoms with Crippen LogP contribution in [0.25, 0.3) is 0 Å². The minimum atomic E-state index is -0.329. The van der Waals surface area contributed by atoms with Gasteiger partial charge in [-0.05, 0) is 38.3 Å². The molecule has 0 aliphatic carbocycles. The summed E-state index contributed by atoms with van der Waals surface area (Å²) in [6, 6.07) is 10.2. The van der Waals surface area contributed by atoms with E-state index in [9.17, 15) is 9.90 Å². The molecule has 2 N–H and O–H groups in total. The number of piperidine rings is 1. The number of amides is 1. The molecule has 1 aromatic carbocycles. The first kappa shape index (κ1) is 16.0. The average Bonchev–Trinajstić information content (AvgIpc) is 2.52. The molecular weight excluding hydrogens is 264 g/mol. The van der Waals surface area contributed by atoms with E-state index >= 15 is 0 Å². The maximum Gasteiger partial charge on any atom is 0.229 e. The number of nitrogens with zero attached hydrogens (tertiary/aromatic N) is 1. The summed E-state index contributed by atoms with van der Waals surface area (Å²) in [7, 11) is 0. The Morgan fingerprint density at radius 3 is 2.71 bits per heavy atom. The fraction of sp³-hybridized carbons (Fsp3) is 0.588.